The number of aliphatic hydroxyl groups excluding tert-OH is 1. The maximum absolute atomic E-state index is 14.0. The first-order chi connectivity index (χ1) is 9.10. The molecule has 3 atom stereocenters. The van der Waals surface area contributed by atoms with Gasteiger partial charge in [0.2, 0.25) is 5.95 Å². The minimum Gasteiger partial charge on any atom is -0.394 e. The molecule has 0 aliphatic carbocycles. The van der Waals surface area contributed by atoms with E-state index in [0.29, 0.717) is 11.2 Å². The fourth-order valence-corrected chi connectivity index (χ4v) is 2.37. The van der Waals surface area contributed by atoms with Crippen molar-refractivity contribution >= 4 is 17.3 Å². The van der Waals surface area contributed by atoms with Crippen molar-refractivity contribution in [3.63, 3.8) is 0 Å². The summed E-state index contributed by atoms with van der Waals surface area (Å²) >= 11 is 0. The standard InChI is InChI=1S/C11H14FN5O2/c12-6-3-5(4-18)19-9(6)7-1-2-8-10(13)15-11(14)16-17(7)8/h1-2,5-6,9,18H,3-4H2,(H4,13,14,15,16). The number of aromatic nitrogens is 3. The molecular formula is C11H14FN5O2. The Bertz CT molecular complexity index is 616. The van der Waals surface area contributed by atoms with Crippen molar-refractivity contribution in [1.29, 1.82) is 0 Å². The second-order valence-electron chi connectivity index (χ2n) is 4.52. The highest BCUT2D eigenvalue weighted by Gasteiger charge is 2.38. The molecular weight excluding hydrogens is 253 g/mol. The number of hydrogen-bond donors (Lipinski definition) is 3. The van der Waals surface area contributed by atoms with Gasteiger partial charge < -0.3 is 21.3 Å². The molecule has 8 heteroatoms. The van der Waals surface area contributed by atoms with Crippen molar-refractivity contribution in [2.45, 2.75) is 24.8 Å². The van der Waals surface area contributed by atoms with Crippen LogP contribution in [0.25, 0.3) is 5.52 Å². The molecule has 0 bridgehead atoms. The van der Waals surface area contributed by atoms with Gasteiger partial charge in [-0.3, -0.25) is 0 Å². The van der Waals surface area contributed by atoms with Crippen molar-refractivity contribution in [2.75, 3.05) is 18.1 Å². The first kappa shape index (κ1) is 12.1. The number of alkyl halides is 1. The summed E-state index contributed by atoms with van der Waals surface area (Å²) < 4.78 is 20.9. The first-order valence-corrected chi connectivity index (χ1v) is 5.91. The summed E-state index contributed by atoms with van der Waals surface area (Å²) in [5, 5.41) is 13.1. The van der Waals surface area contributed by atoms with Crippen LogP contribution in [0.15, 0.2) is 12.1 Å². The predicted molar refractivity (Wildman–Crippen MR) is 66.0 cm³/mol. The number of fused-ring (bicyclic) bond motifs is 1. The topological polar surface area (TPSA) is 112 Å². The third kappa shape index (κ3) is 1.89. The lowest BCUT2D eigenvalue weighted by atomic mass is 10.1. The van der Waals surface area contributed by atoms with E-state index in [9.17, 15) is 4.39 Å². The SMILES string of the molecule is Nc1nc(N)c2ccc(C3OC(CO)CC3F)n2n1. The Morgan fingerprint density at radius 3 is 2.95 bits per heavy atom. The van der Waals surface area contributed by atoms with Gasteiger partial charge in [0.05, 0.1) is 18.4 Å². The summed E-state index contributed by atoms with van der Waals surface area (Å²) in [6, 6.07) is 3.36. The molecule has 102 valence electrons. The van der Waals surface area contributed by atoms with Gasteiger partial charge in [-0.2, -0.15) is 4.98 Å². The zero-order chi connectivity index (χ0) is 13.6. The van der Waals surface area contributed by atoms with E-state index in [1.54, 1.807) is 12.1 Å². The number of ether oxygens (including phenoxy) is 1. The molecule has 7 nitrogen and oxygen atoms in total. The number of rotatable bonds is 2. The van der Waals surface area contributed by atoms with E-state index >= 15 is 0 Å². The summed E-state index contributed by atoms with van der Waals surface area (Å²) in [4.78, 5) is 3.84. The molecule has 5 N–H and O–H groups in total. The number of aliphatic hydroxyl groups is 1. The summed E-state index contributed by atoms with van der Waals surface area (Å²) in [6.45, 7) is -0.209. The van der Waals surface area contributed by atoms with Crippen LogP contribution in [0.3, 0.4) is 0 Å². The molecule has 0 saturated carbocycles. The second kappa shape index (κ2) is 4.32. The molecule has 3 rings (SSSR count). The van der Waals surface area contributed by atoms with E-state index in [0.717, 1.165) is 0 Å². The highest BCUT2D eigenvalue weighted by atomic mass is 19.1. The molecule has 2 aromatic heterocycles. The molecule has 0 radical (unpaired) electrons. The normalized spacial score (nSPS) is 27.2. The highest BCUT2D eigenvalue weighted by Crippen LogP contribution is 2.36. The Kier molecular flexibility index (Phi) is 2.76. The molecule has 1 saturated heterocycles. The molecule has 0 spiro atoms. The summed E-state index contributed by atoms with van der Waals surface area (Å²) in [6.07, 6.45) is -2.33. The van der Waals surface area contributed by atoms with Gasteiger partial charge in [0.15, 0.2) is 5.82 Å². The van der Waals surface area contributed by atoms with Gasteiger partial charge in [-0.15, -0.1) is 5.10 Å². The lowest BCUT2D eigenvalue weighted by Crippen LogP contribution is -2.14. The molecule has 2 aromatic rings. The van der Waals surface area contributed by atoms with Crippen molar-refractivity contribution in [1.82, 2.24) is 14.6 Å². The fraction of sp³-hybridized carbons (Fsp3) is 0.455. The van der Waals surface area contributed by atoms with Gasteiger partial charge in [0, 0.05) is 6.42 Å². The second-order valence-corrected chi connectivity index (χ2v) is 4.52. The Labute approximate surface area is 108 Å². The number of nitrogens with two attached hydrogens (primary N) is 2. The van der Waals surface area contributed by atoms with Crippen LogP contribution in [-0.2, 0) is 4.74 Å². The lowest BCUT2D eigenvalue weighted by Gasteiger charge is -2.13. The zero-order valence-corrected chi connectivity index (χ0v) is 10.0. The Balaban J connectivity index is 2.06. The molecule has 0 aromatic carbocycles. The van der Waals surface area contributed by atoms with Crippen LogP contribution < -0.4 is 11.5 Å². The quantitative estimate of drug-likeness (QED) is 0.709. The van der Waals surface area contributed by atoms with E-state index in [2.05, 4.69) is 10.1 Å². The molecule has 0 amide bonds. The largest absolute Gasteiger partial charge is 0.394 e. The van der Waals surface area contributed by atoms with Crippen molar-refractivity contribution in [2.24, 2.45) is 0 Å². The number of halogens is 1. The van der Waals surface area contributed by atoms with E-state index in [1.807, 2.05) is 0 Å². The van der Waals surface area contributed by atoms with Crippen molar-refractivity contribution < 1.29 is 14.2 Å². The van der Waals surface area contributed by atoms with Crippen molar-refractivity contribution in [3.05, 3.63) is 17.8 Å². The average Bonchev–Trinajstić information content (AvgIpc) is 2.92. The Morgan fingerprint density at radius 2 is 2.26 bits per heavy atom. The molecule has 3 unspecified atom stereocenters. The highest BCUT2D eigenvalue weighted by molar-refractivity contribution is 5.66. The van der Waals surface area contributed by atoms with Crippen LogP contribution in [0.2, 0.25) is 0 Å². The maximum atomic E-state index is 14.0. The molecule has 1 fully saturated rings. The number of nitrogen functional groups attached to an aromatic ring is 2. The minimum absolute atomic E-state index is 0.00885. The minimum atomic E-state index is -1.20. The predicted octanol–water partition coefficient (Wildman–Crippen LogP) is 0.0541. The molecule has 1 aliphatic rings. The molecule has 3 heterocycles. The number of nitrogens with zero attached hydrogens (tertiary/aromatic N) is 3. The average molecular weight is 267 g/mol. The molecule has 19 heavy (non-hydrogen) atoms. The maximum Gasteiger partial charge on any atom is 0.240 e. The Morgan fingerprint density at radius 1 is 1.47 bits per heavy atom. The first-order valence-electron chi connectivity index (χ1n) is 5.91. The van der Waals surface area contributed by atoms with E-state index < -0.39 is 18.4 Å². The van der Waals surface area contributed by atoms with Crippen LogP contribution in [-0.4, -0.2) is 38.6 Å². The molecule has 1 aliphatic heterocycles. The number of anilines is 2. The summed E-state index contributed by atoms with van der Waals surface area (Å²) in [5.74, 6) is 0.237. The van der Waals surface area contributed by atoms with Crippen LogP contribution in [0.5, 0.6) is 0 Å². The smallest absolute Gasteiger partial charge is 0.240 e. The zero-order valence-electron chi connectivity index (χ0n) is 10.0. The van der Waals surface area contributed by atoms with Gasteiger partial charge in [0.1, 0.15) is 17.8 Å². The number of hydrogen-bond acceptors (Lipinski definition) is 6. The van der Waals surface area contributed by atoms with Gasteiger partial charge in [-0.1, -0.05) is 0 Å². The van der Waals surface area contributed by atoms with Crippen molar-refractivity contribution in [3.8, 4) is 0 Å². The van der Waals surface area contributed by atoms with Gasteiger partial charge in [-0.25, -0.2) is 8.91 Å². The summed E-state index contributed by atoms with van der Waals surface area (Å²) in [5.41, 5.74) is 12.3. The van der Waals surface area contributed by atoms with Gasteiger partial charge in [0.25, 0.3) is 0 Å². The van der Waals surface area contributed by atoms with Crippen LogP contribution >= 0.6 is 0 Å². The van der Waals surface area contributed by atoms with Crippen LogP contribution in [0.4, 0.5) is 16.2 Å². The van der Waals surface area contributed by atoms with E-state index in [4.69, 9.17) is 21.3 Å². The monoisotopic (exact) mass is 267 g/mol. The summed E-state index contributed by atoms with van der Waals surface area (Å²) in [7, 11) is 0. The fourth-order valence-electron chi connectivity index (χ4n) is 2.37. The van der Waals surface area contributed by atoms with Gasteiger partial charge in [-0.05, 0) is 12.1 Å². The van der Waals surface area contributed by atoms with E-state index in [-0.39, 0.29) is 24.8 Å². The third-order valence-electron chi connectivity index (χ3n) is 3.24. The van der Waals surface area contributed by atoms with Crippen LogP contribution in [0, 0.1) is 0 Å². The van der Waals surface area contributed by atoms with E-state index in [1.165, 1.54) is 4.52 Å². The van der Waals surface area contributed by atoms with Gasteiger partial charge >= 0.3 is 0 Å². The lowest BCUT2D eigenvalue weighted by molar-refractivity contribution is -0.00196. The van der Waals surface area contributed by atoms with Crippen LogP contribution in [0.1, 0.15) is 18.2 Å². The third-order valence-corrected chi connectivity index (χ3v) is 3.24. The Hall–Kier alpha value is -1.93.